The van der Waals surface area contributed by atoms with E-state index in [-0.39, 0.29) is 5.75 Å². The molecule has 1 N–H and O–H groups in total. The van der Waals surface area contributed by atoms with Crippen LogP contribution < -0.4 is 0 Å². The Hall–Kier alpha value is -2.07. The Balaban J connectivity index is 2.02. The molecule has 0 atom stereocenters. The first-order chi connectivity index (χ1) is 8.83. The lowest BCUT2D eigenvalue weighted by molar-refractivity contribution is 0.475. The first-order valence-electron chi connectivity index (χ1n) is 5.50. The van der Waals surface area contributed by atoms with Crippen molar-refractivity contribution in [2.45, 2.75) is 9.92 Å². The fourth-order valence-electron chi connectivity index (χ4n) is 1.70. The molecule has 0 radical (unpaired) electrons. The zero-order valence-electron chi connectivity index (χ0n) is 9.45. The highest BCUT2D eigenvalue weighted by Gasteiger charge is 2.05. The smallest absolute Gasteiger partial charge is 0.131 e. The monoisotopic (exact) mass is 254 g/mol. The summed E-state index contributed by atoms with van der Waals surface area (Å²) < 4.78 is 0. The topological polar surface area (TPSA) is 46.0 Å². The van der Waals surface area contributed by atoms with E-state index in [1.807, 2.05) is 36.4 Å². The fraction of sp³-hybridized carbons (Fsp3) is 0. The van der Waals surface area contributed by atoms with Gasteiger partial charge < -0.3 is 5.11 Å². The quantitative estimate of drug-likeness (QED) is 0.760. The highest BCUT2D eigenvalue weighted by molar-refractivity contribution is 7.99. The second kappa shape index (κ2) is 4.66. The van der Waals surface area contributed by atoms with E-state index in [0.29, 0.717) is 0 Å². The van der Waals surface area contributed by atoms with Crippen LogP contribution in [-0.4, -0.2) is 15.3 Å². The number of phenols is 1. The normalized spacial score (nSPS) is 10.7. The summed E-state index contributed by atoms with van der Waals surface area (Å²) in [4.78, 5) is 1.03. The standard InChI is InChI=1S/C14H10N2OS/c17-11-5-7-12(8-6-11)18-14-13-4-2-1-3-10(13)9-15-16-14/h1-9,17H. The van der Waals surface area contributed by atoms with Crippen LogP contribution in [0, 0.1) is 0 Å². The van der Waals surface area contributed by atoms with E-state index in [4.69, 9.17) is 0 Å². The molecule has 0 fully saturated rings. The SMILES string of the molecule is Oc1ccc(Sc2nncc3ccccc23)cc1. The van der Waals surface area contributed by atoms with Crippen LogP contribution in [0.1, 0.15) is 0 Å². The Morgan fingerprint density at radius 3 is 2.56 bits per heavy atom. The molecule has 88 valence electrons. The molecule has 0 aliphatic carbocycles. The largest absolute Gasteiger partial charge is 0.508 e. The molecule has 1 heterocycles. The lowest BCUT2D eigenvalue weighted by Crippen LogP contribution is -1.86. The van der Waals surface area contributed by atoms with Crippen molar-refractivity contribution in [3.05, 3.63) is 54.7 Å². The molecule has 3 aromatic rings. The summed E-state index contributed by atoms with van der Waals surface area (Å²) in [5.74, 6) is 0.267. The third-order valence-corrected chi connectivity index (χ3v) is 3.59. The van der Waals surface area contributed by atoms with Crippen LogP contribution in [0.25, 0.3) is 10.8 Å². The Morgan fingerprint density at radius 1 is 0.944 bits per heavy atom. The van der Waals surface area contributed by atoms with E-state index < -0.39 is 0 Å². The van der Waals surface area contributed by atoms with Crippen molar-refractivity contribution in [2.75, 3.05) is 0 Å². The highest BCUT2D eigenvalue weighted by Crippen LogP contribution is 2.31. The van der Waals surface area contributed by atoms with Gasteiger partial charge in [0.25, 0.3) is 0 Å². The summed E-state index contributed by atoms with van der Waals surface area (Å²) >= 11 is 1.54. The van der Waals surface area contributed by atoms with Crippen LogP contribution in [0.3, 0.4) is 0 Å². The molecule has 0 aliphatic heterocycles. The molecule has 0 spiro atoms. The second-order valence-corrected chi connectivity index (χ2v) is 4.90. The number of phenolic OH excluding ortho intramolecular Hbond substituents is 1. The number of benzene rings is 2. The van der Waals surface area contributed by atoms with Gasteiger partial charge in [-0.25, -0.2) is 0 Å². The van der Waals surface area contributed by atoms with Gasteiger partial charge in [-0.3, -0.25) is 0 Å². The average molecular weight is 254 g/mol. The Bertz CT molecular complexity index is 677. The fourth-order valence-corrected chi connectivity index (χ4v) is 2.58. The maximum absolute atomic E-state index is 9.26. The van der Waals surface area contributed by atoms with Crippen molar-refractivity contribution in [2.24, 2.45) is 0 Å². The summed E-state index contributed by atoms with van der Waals surface area (Å²) in [5, 5.41) is 20.5. The van der Waals surface area contributed by atoms with E-state index >= 15 is 0 Å². The van der Waals surface area contributed by atoms with Gasteiger partial charge in [-0.2, -0.15) is 5.10 Å². The van der Waals surface area contributed by atoms with Crippen LogP contribution in [0.15, 0.2) is 64.6 Å². The van der Waals surface area contributed by atoms with Crippen molar-refractivity contribution in [1.82, 2.24) is 10.2 Å². The Morgan fingerprint density at radius 2 is 1.72 bits per heavy atom. The molecule has 0 aliphatic rings. The molecule has 0 unspecified atom stereocenters. The summed E-state index contributed by atoms with van der Waals surface area (Å²) in [6.45, 7) is 0. The molecule has 2 aromatic carbocycles. The summed E-state index contributed by atoms with van der Waals surface area (Å²) in [5.41, 5.74) is 0. The zero-order valence-corrected chi connectivity index (χ0v) is 10.3. The van der Waals surface area contributed by atoms with Crippen LogP contribution in [0.2, 0.25) is 0 Å². The van der Waals surface area contributed by atoms with Gasteiger partial charge in [0, 0.05) is 15.7 Å². The van der Waals surface area contributed by atoms with Gasteiger partial charge in [0.1, 0.15) is 10.8 Å². The van der Waals surface area contributed by atoms with Gasteiger partial charge >= 0.3 is 0 Å². The molecule has 0 bridgehead atoms. The van der Waals surface area contributed by atoms with Gasteiger partial charge in [0.05, 0.1) is 6.20 Å². The maximum atomic E-state index is 9.26. The van der Waals surface area contributed by atoms with Crippen LogP contribution in [-0.2, 0) is 0 Å². The van der Waals surface area contributed by atoms with E-state index in [9.17, 15) is 5.11 Å². The predicted octanol–water partition coefficient (Wildman–Crippen LogP) is 3.49. The highest BCUT2D eigenvalue weighted by atomic mass is 32.2. The molecule has 0 saturated heterocycles. The number of aromatic nitrogens is 2. The number of rotatable bonds is 2. The first-order valence-corrected chi connectivity index (χ1v) is 6.32. The van der Waals surface area contributed by atoms with Gasteiger partial charge in [-0.1, -0.05) is 36.0 Å². The molecule has 4 heteroatoms. The van der Waals surface area contributed by atoms with E-state index in [0.717, 1.165) is 20.7 Å². The lowest BCUT2D eigenvalue weighted by atomic mass is 10.2. The minimum Gasteiger partial charge on any atom is -0.508 e. The van der Waals surface area contributed by atoms with Gasteiger partial charge in [-0.15, -0.1) is 5.10 Å². The Labute approximate surface area is 108 Å². The van der Waals surface area contributed by atoms with Gasteiger partial charge in [0.2, 0.25) is 0 Å². The molecule has 0 saturated carbocycles. The number of nitrogens with zero attached hydrogens (tertiary/aromatic N) is 2. The number of hydrogen-bond acceptors (Lipinski definition) is 4. The molecule has 1 aromatic heterocycles. The van der Waals surface area contributed by atoms with Crippen molar-refractivity contribution < 1.29 is 5.11 Å². The predicted molar refractivity (Wildman–Crippen MR) is 71.8 cm³/mol. The lowest BCUT2D eigenvalue weighted by Gasteiger charge is -2.04. The van der Waals surface area contributed by atoms with Crippen LogP contribution >= 0.6 is 11.8 Å². The van der Waals surface area contributed by atoms with E-state index in [1.165, 1.54) is 0 Å². The van der Waals surface area contributed by atoms with Crippen molar-refractivity contribution >= 4 is 22.5 Å². The maximum Gasteiger partial charge on any atom is 0.131 e. The third-order valence-electron chi connectivity index (χ3n) is 2.59. The zero-order chi connectivity index (χ0) is 12.4. The summed E-state index contributed by atoms with van der Waals surface area (Å²) in [6.07, 6.45) is 1.76. The molecular formula is C14H10N2OS. The molecule has 3 nitrogen and oxygen atoms in total. The van der Waals surface area contributed by atoms with Crippen molar-refractivity contribution in [1.29, 1.82) is 0 Å². The number of fused-ring (bicyclic) bond motifs is 1. The molecule has 18 heavy (non-hydrogen) atoms. The number of aromatic hydroxyl groups is 1. The van der Waals surface area contributed by atoms with Gasteiger partial charge in [-0.05, 0) is 24.3 Å². The molecule has 3 rings (SSSR count). The van der Waals surface area contributed by atoms with E-state index in [2.05, 4.69) is 10.2 Å². The van der Waals surface area contributed by atoms with E-state index in [1.54, 1.807) is 30.1 Å². The second-order valence-electron chi connectivity index (χ2n) is 3.83. The average Bonchev–Trinajstić information content (AvgIpc) is 2.42. The minimum absolute atomic E-state index is 0.267. The molecule has 0 amide bonds. The Kier molecular flexibility index (Phi) is 2.86. The summed E-state index contributed by atoms with van der Waals surface area (Å²) in [6, 6.07) is 15.1. The van der Waals surface area contributed by atoms with Crippen molar-refractivity contribution in [3.8, 4) is 5.75 Å². The summed E-state index contributed by atoms with van der Waals surface area (Å²) in [7, 11) is 0. The molecular weight excluding hydrogens is 244 g/mol. The minimum atomic E-state index is 0.267. The van der Waals surface area contributed by atoms with Gasteiger partial charge in [0.15, 0.2) is 0 Å². The first kappa shape index (κ1) is 11.0. The number of hydrogen-bond donors (Lipinski definition) is 1. The van der Waals surface area contributed by atoms with Crippen LogP contribution in [0.5, 0.6) is 5.75 Å². The van der Waals surface area contributed by atoms with Crippen molar-refractivity contribution in [3.63, 3.8) is 0 Å². The third kappa shape index (κ3) is 2.15. The van der Waals surface area contributed by atoms with Crippen LogP contribution in [0.4, 0.5) is 0 Å².